The first-order valence-corrected chi connectivity index (χ1v) is 10.2. The zero-order valence-corrected chi connectivity index (χ0v) is 17.2. The number of guanidine groups is 1. The average molecular weight is 377 g/mol. The maximum absolute atomic E-state index is 5.73. The van der Waals surface area contributed by atoms with Crippen LogP contribution in [-0.4, -0.2) is 63.4 Å². The van der Waals surface area contributed by atoms with Gasteiger partial charge >= 0.3 is 0 Å². The zero-order valence-electron chi connectivity index (χ0n) is 17.2. The fourth-order valence-corrected chi connectivity index (χ4v) is 2.80. The second-order valence-corrected chi connectivity index (χ2v) is 7.28. The van der Waals surface area contributed by atoms with E-state index in [-0.39, 0.29) is 0 Å². The Hall–Kier alpha value is -1.79. The number of morpholine rings is 1. The molecular formula is C21H36N4O2. The first-order valence-electron chi connectivity index (χ1n) is 10.2. The van der Waals surface area contributed by atoms with Crippen molar-refractivity contribution in [3.05, 3.63) is 29.8 Å². The van der Waals surface area contributed by atoms with E-state index in [1.165, 1.54) is 5.56 Å². The van der Waals surface area contributed by atoms with Crippen molar-refractivity contribution in [1.29, 1.82) is 0 Å². The molecule has 0 unspecified atom stereocenters. The fraction of sp³-hybridized carbons (Fsp3) is 0.667. The summed E-state index contributed by atoms with van der Waals surface area (Å²) >= 11 is 0. The molecule has 0 spiro atoms. The predicted molar refractivity (Wildman–Crippen MR) is 111 cm³/mol. The molecule has 2 rings (SSSR count). The highest BCUT2D eigenvalue weighted by Gasteiger charge is 2.09. The van der Waals surface area contributed by atoms with Gasteiger partial charge in [0.05, 0.1) is 26.4 Å². The van der Waals surface area contributed by atoms with Crippen molar-refractivity contribution in [2.24, 2.45) is 10.9 Å². The molecule has 6 heteroatoms. The molecule has 0 aliphatic carbocycles. The van der Waals surface area contributed by atoms with Crippen LogP contribution in [0.2, 0.25) is 0 Å². The summed E-state index contributed by atoms with van der Waals surface area (Å²) in [7, 11) is 0. The van der Waals surface area contributed by atoms with Crippen molar-refractivity contribution in [2.75, 3.05) is 52.5 Å². The molecule has 2 N–H and O–H groups in total. The van der Waals surface area contributed by atoms with E-state index in [0.717, 1.165) is 70.7 Å². The molecule has 1 aromatic rings. The lowest BCUT2D eigenvalue weighted by Gasteiger charge is -2.26. The summed E-state index contributed by atoms with van der Waals surface area (Å²) in [6, 6.07) is 8.22. The van der Waals surface area contributed by atoms with E-state index in [0.29, 0.717) is 12.5 Å². The average Bonchev–Trinajstić information content (AvgIpc) is 2.69. The molecule has 0 aromatic heterocycles. The van der Waals surface area contributed by atoms with Crippen molar-refractivity contribution in [3.63, 3.8) is 0 Å². The van der Waals surface area contributed by atoms with E-state index < -0.39 is 0 Å². The van der Waals surface area contributed by atoms with Gasteiger partial charge < -0.3 is 20.1 Å². The van der Waals surface area contributed by atoms with E-state index in [1.807, 2.05) is 12.1 Å². The van der Waals surface area contributed by atoms with Crippen molar-refractivity contribution in [2.45, 2.75) is 33.7 Å². The number of nitrogens with one attached hydrogen (secondary N) is 2. The molecule has 1 aliphatic heterocycles. The highest BCUT2D eigenvalue weighted by atomic mass is 16.5. The van der Waals surface area contributed by atoms with Crippen LogP contribution >= 0.6 is 0 Å². The minimum atomic E-state index is 0.534. The minimum absolute atomic E-state index is 0.534. The molecule has 27 heavy (non-hydrogen) atoms. The van der Waals surface area contributed by atoms with Crippen LogP contribution < -0.4 is 15.4 Å². The molecule has 1 heterocycles. The third kappa shape index (κ3) is 9.11. The summed E-state index contributed by atoms with van der Waals surface area (Å²) in [5, 5.41) is 6.75. The summed E-state index contributed by atoms with van der Waals surface area (Å²) in [6.45, 7) is 14.5. The zero-order chi connectivity index (χ0) is 19.3. The summed E-state index contributed by atoms with van der Waals surface area (Å²) in [5.41, 5.74) is 1.18. The maximum Gasteiger partial charge on any atom is 0.191 e. The SMILES string of the molecule is CCNC(=NCc1ccc(OCC(C)C)cc1)NCCCN1CCOCC1. The molecule has 1 aliphatic rings. The number of rotatable bonds is 10. The maximum atomic E-state index is 5.73. The molecule has 0 saturated carbocycles. The Kier molecular flexibility index (Phi) is 10.0. The second kappa shape index (κ2) is 12.6. The smallest absolute Gasteiger partial charge is 0.191 e. The number of hydrogen-bond acceptors (Lipinski definition) is 4. The number of aliphatic imine (C=N–C) groups is 1. The molecule has 1 fully saturated rings. The third-order valence-corrected chi connectivity index (χ3v) is 4.32. The minimum Gasteiger partial charge on any atom is -0.493 e. The van der Waals surface area contributed by atoms with Crippen LogP contribution in [0.5, 0.6) is 5.75 Å². The molecule has 152 valence electrons. The Morgan fingerprint density at radius 2 is 1.93 bits per heavy atom. The molecule has 1 saturated heterocycles. The lowest BCUT2D eigenvalue weighted by atomic mass is 10.2. The normalized spacial score (nSPS) is 15.8. The highest BCUT2D eigenvalue weighted by Crippen LogP contribution is 2.13. The van der Waals surface area contributed by atoms with Gasteiger partial charge in [-0.3, -0.25) is 4.90 Å². The van der Waals surface area contributed by atoms with Gasteiger partial charge in [-0.2, -0.15) is 0 Å². The molecule has 0 amide bonds. The molecule has 0 atom stereocenters. The van der Waals surface area contributed by atoms with Crippen molar-refractivity contribution < 1.29 is 9.47 Å². The molecular weight excluding hydrogens is 340 g/mol. The number of benzene rings is 1. The van der Waals surface area contributed by atoms with Crippen molar-refractivity contribution in [3.8, 4) is 5.75 Å². The van der Waals surface area contributed by atoms with E-state index in [9.17, 15) is 0 Å². The van der Waals surface area contributed by atoms with Crippen LogP contribution in [-0.2, 0) is 11.3 Å². The topological polar surface area (TPSA) is 58.1 Å². The lowest BCUT2D eigenvalue weighted by molar-refractivity contribution is 0.0376. The summed E-state index contributed by atoms with van der Waals surface area (Å²) in [4.78, 5) is 7.15. The Bertz CT molecular complexity index is 540. The lowest BCUT2D eigenvalue weighted by Crippen LogP contribution is -2.40. The second-order valence-electron chi connectivity index (χ2n) is 7.28. The van der Waals surface area contributed by atoms with Gasteiger partial charge in [0, 0.05) is 26.2 Å². The Balaban J connectivity index is 1.73. The standard InChI is InChI=1S/C21H36N4O2/c1-4-22-21(23-10-5-11-25-12-14-26-15-13-25)24-16-19-6-8-20(9-7-19)27-17-18(2)3/h6-9,18H,4-5,10-17H2,1-3H3,(H2,22,23,24). The first-order chi connectivity index (χ1) is 13.2. The van der Waals surface area contributed by atoms with Gasteiger partial charge in [0.15, 0.2) is 5.96 Å². The van der Waals surface area contributed by atoms with E-state index in [2.05, 4.69) is 48.4 Å². The Morgan fingerprint density at radius 3 is 2.59 bits per heavy atom. The Morgan fingerprint density at radius 1 is 1.19 bits per heavy atom. The van der Waals surface area contributed by atoms with Gasteiger partial charge in [-0.1, -0.05) is 26.0 Å². The van der Waals surface area contributed by atoms with Crippen LogP contribution in [0.3, 0.4) is 0 Å². The monoisotopic (exact) mass is 376 g/mol. The number of ether oxygens (including phenoxy) is 2. The first kappa shape index (κ1) is 21.5. The van der Waals surface area contributed by atoms with Gasteiger partial charge in [0.2, 0.25) is 0 Å². The van der Waals surface area contributed by atoms with E-state index >= 15 is 0 Å². The van der Waals surface area contributed by atoms with Gasteiger partial charge in [0.25, 0.3) is 0 Å². The van der Waals surface area contributed by atoms with Crippen LogP contribution in [0.1, 0.15) is 32.8 Å². The van der Waals surface area contributed by atoms with Gasteiger partial charge in [-0.15, -0.1) is 0 Å². The summed E-state index contributed by atoms with van der Waals surface area (Å²) in [6.07, 6.45) is 1.10. The van der Waals surface area contributed by atoms with Gasteiger partial charge in [0.1, 0.15) is 5.75 Å². The fourth-order valence-electron chi connectivity index (χ4n) is 2.80. The molecule has 1 aromatic carbocycles. The molecule has 0 bridgehead atoms. The van der Waals surface area contributed by atoms with Crippen LogP contribution in [0, 0.1) is 5.92 Å². The molecule has 6 nitrogen and oxygen atoms in total. The van der Waals surface area contributed by atoms with Crippen LogP contribution in [0.4, 0.5) is 0 Å². The van der Waals surface area contributed by atoms with Gasteiger partial charge in [-0.05, 0) is 43.5 Å². The quantitative estimate of drug-likeness (QED) is 0.373. The summed E-state index contributed by atoms with van der Waals surface area (Å²) in [5.74, 6) is 2.33. The predicted octanol–water partition coefficient (Wildman–Crippen LogP) is 2.50. The molecule has 0 radical (unpaired) electrons. The number of hydrogen-bond donors (Lipinski definition) is 2. The highest BCUT2D eigenvalue weighted by molar-refractivity contribution is 5.79. The van der Waals surface area contributed by atoms with Crippen molar-refractivity contribution >= 4 is 5.96 Å². The third-order valence-electron chi connectivity index (χ3n) is 4.32. The van der Waals surface area contributed by atoms with Crippen LogP contribution in [0.15, 0.2) is 29.3 Å². The largest absolute Gasteiger partial charge is 0.493 e. The van der Waals surface area contributed by atoms with E-state index in [4.69, 9.17) is 14.5 Å². The van der Waals surface area contributed by atoms with Gasteiger partial charge in [-0.25, -0.2) is 4.99 Å². The van der Waals surface area contributed by atoms with Crippen LogP contribution in [0.25, 0.3) is 0 Å². The summed E-state index contributed by atoms with van der Waals surface area (Å²) < 4.78 is 11.1. The number of nitrogens with zero attached hydrogens (tertiary/aromatic N) is 2. The van der Waals surface area contributed by atoms with E-state index in [1.54, 1.807) is 0 Å². The van der Waals surface area contributed by atoms with Crippen molar-refractivity contribution in [1.82, 2.24) is 15.5 Å². The Labute approximate surface area is 164 Å².